The van der Waals surface area contributed by atoms with Crippen molar-refractivity contribution in [1.29, 1.82) is 0 Å². The van der Waals surface area contributed by atoms with Crippen LogP contribution in [0.3, 0.4) is 0 Å². The molecule has 0 saturated carbocycles. The van der Waals surface area contributed by atoms with Crippen LogP contribution in [-0.2, 0) is 6.54 Å². The highest BCUT2D eigenvalue weighted by Gasteiger charge is 2.09. The summed E-state index contributed by atoms with van der Waals surface area (Å²) in [5.74, 6) is 0.748. The number of pyridine rings is 1. The zero-order chi connectivity index (χ0) is 13.0. The van der Waals surface area contributed by atoms with Crippen molar-refractivity contribution in [1.82, 2.24) is 20.3 Å². The minimum Gasteiger partial charge on any atom is -0.313 e. The Hall–Kier alpha value is -1.81. The molecular formula is C14H18N4. The highest BCUT2D eigenvalue weighted by atomic mass is 14.9. The summed E-state index contributed by atoms with van der Waals surface area (Å²) in [7, 11) is 0. The first-order valence-electron chi connectivity index (χ1n) is 6.17. The molecule has 18 heavy (non-hydrogen) atoms. The van der Waals surface area contributed by atoms with Crippen molar-refractivity contribution < 1.29 is 0 Å². The smallest absolute Gasteiger partial charge is 0.161 e. The molecule has 0 spiro atoms. The van der Waals surface area contributed by atoms with E-state index < -0.39 is 0 Å². The Kier molecular flexibility index (Phi) is 3.99. The van der Waals surface area contributed by atoms with Crippen LogP contribution in [0.1, 0.15) is 23.9 Å². The first-order valence-corrected chi connectivity index (χ1v) is 6.17. The Bertz CT molecular complexity index is 500. The molecule has 0 aliphatic rings. The molecule has 94 valence electrons. The normalized spacial score (nSPS) is 10.6. The van der Waals surface area contributed by atoms with Crippen LogP contribution in [0.2, 0.25) is 0 Å². The van der Waals surface area contributed by atoms with Crippen molar-refractivity contribution in [3.05, 3.63) is 41.5 Å². The fourth-order valence-electron chi connectivity index (χ4n) is 1.87. The molecular weight excluding hydrogens is 224 g/mol. The Morgan fingerprint density at radius 2 is 1.89 bits per heavy atom. The molecule has 0 unspecified atom stereocenters. The third-order valence-corrected chi connectivity index (χ3v) is 2.89. The van der Waals surface area contributed by atoms with Crippen LogP contribution < -0.4 is 5.32 Å². The molecule has 0 aliphatic heterocycles. The summed E-state index contributed by atoms with van der Waals surface area (Å²) in [5.41, 5.74) is 4.20. The minimum absolute atomic E-state index is 0.748. The van der Waals surface area contributed by atoms with Crippen LogP contribution in [0.5, 0.6) is 0 Å². The lowest BCUT2D eigenvalue weighted by molar-refractivity contribution is 0.711. The summed E-state index contributed by atoms with van der Waals surface area (Å²) in [6.07, 6.45) is 3.54. The Labute approximate surface area is 108 Å². The molecule has 2 aromatic heterocycles. The van der Waals surface area contributed by atoms with Crippen LogP contribution in [-0.4, -0.2) is 21.5 Å². The van der Waals surface area contributed by atoms with Crippen LogP contribution in [0, 0.1) is 13.8 Å². The molecule has 2 heterocycles. The zero-order valence-corrected chi connectivity index (χ0v) is 11.1. The molecule has 2 rings (SSSR count). The minimum atomic E-state index is 0.748. The zero-order valence-electron chi connectivity index (χ0n) is 11.1. The number of hydrogen-bond acceptors (Lipinski definition) is 4. The van der Waals surface area contributed by atoms with Gasteiger partial charge in [-0.05, 0) is 32.5 Å². The first-order chi connectivity index (χ1) is 8.72. The average Bonchev–Trinajstić information content (AvgIpc) is 2.39. The fourth-order valence-corrected chi connectivity index (χ4v) is 1.87. The summed E-state index contributed by atoms with van der Waals surface area (Å²) in [6.45, 7) is 7.92. The van der Waals surface area contributed by atoms with E-state index >= 15 is 0 Å². The Balaban J connectivity index is 2.36. The number of hydrogen-bond donors (Lipinski definition) is 1. The monoisotopic (exact) mass is 242 g/mol. The number of aryl methyl sites for hydroxylation is 2. The number of rotatable bonds is 4. The maximum Gasteiger partial charge on any atom is 0.161 e. The third kappa shape index (κ3) is 2.71. The Morgan fingerprint density at radius 1 is 1.17 bits per heavy atom. The van der Waals surface area contributed by atoms with Crippen LogP contribution in [0.25, 0.3) is 11.4 Å². The maximum atomic E-state index is 4.57. The van der Waals surface area contributed by atoms with Gasteiger partial charge in [0.1, 0.15) is 0 Å². The van der Waals surface area contributed by atoms with Crippen molar-refractivity contribution >= 4 is 0 Å². The van der Waals surface area contributed by atoms with Crippen LogP contribution in [0.4, 0.5) is 0 Å². The maximum absolute atomic E-state index is 4.57. The van der Waals surface area contributed by atoms with Crippen molar-refractivity contribution in [3.63, 3.8) is 0 Å². The van der Waals surface area contributed by atoms with E-state index in [1.165, 1.54) is 5.56 Å². The lowest BCUT2D eigenvalue weighted by Gasteiger charge is -2.11. The van der Waals surface area contributed by atoms with Gasteiger partial charge in [0.2, 0.25) is 0 Å². The third-order valence-electron chi connectivity index (χ3n) is 2.89. The van der Waals surface area contributed by atoms with Gasteiger partial charge in [-0.3, -0.25) is 4.98 Å². The summed E-state index contributed by atoms with van der Waals surface area (Å²) in [5, 5.41) is 3.31. The van der Waals surface area contributed by atoms with Gasteiger partial charge in [-0.2, -0.15) is 0 Å². The Morgan fingerprint density at radius 3 is 2.44 bits per heavy atom. The molecule has 0 aliphatic carbocycles. The molecule has 0 fully saturated rings. The van der Waals surface area contributed by atoms with E-state index in [0.29, 0.717) is 0 Å². The topological polar surface area (TPSA) is 50.7 Å². The molecule has 4 nitrogen and oxygen atoms in total. The molecule has 0 amide bonds. The van der Waals surface area contributed by atoms with Gasteiger partial charge in [0.15, 0.2) is 5.82 Å². The molecule has 0 radical (unpaired) electrons. The molecule has 0 saturated heterocycles. The number of nitrogens with one attached hydrogen (secondary N) is 1. The molecule has 2 aromatic rings. The summed E-state index contributed by atoms with van der Waals surface area (Å²) < 4.78 is 0. The van der Waals surface area contributed by atoms with E-state index in [4.69, 9.17) is 0 Å². The predicted octanol–water partition coefficient (Wildman–Crippen LogP) is 2.26. The molecule has 0 aromatic carbocycles. The van der Waals surface area contributed by atoms with Gasteiger partial charge in [0.25, 0.3) is 0 Å². The van der Waals surface area contributed by atoms with E-state index in [-0.39, 0.29) is 0 Å². The van der Waals surface area contributed by atoms with Gasteiger partial charge in [-0.15, -0.1) is 0 Å². The quantitative estimate of drug-likeness (QED) is 0.893. The van der Waals surface area contributed by atoms with Gasteiger partial charge in [0, 0.05) is 41.5 Å². The van der Waals surface area contributed by atoms with E-state index in [1.54, 1.807) is 12.4 Å². The lowest BCUT2D eigenvalue weighted by Crippen LogP contribution is -2.15. The molecule has 4 heteroatoms. The second-order valence-corrected chi connectivity index (χ2v) is 4.22. The second kappa shape index (κ2) is 5.69. The number of aromatic nitrogens is 3. The lowest BCUT2D eigenvalue weighted by atomic mass is 10.1. The standard InChI is InChI=1S/C14H18N4/c1-4-15-9-13-10(2)17-14(18-11(13)3)12-6-5-7-16-8-12/h5-8,15H,4,9H2,1-3H3. The fraction of sp³-hybridized carbons (Fsp3) is 0.357. The molecule has 0 atom stereocenters. The van der Waals surface area contributed by atoms with E-state index in [1.807, 2.05) is 26.0 Å². The van der Waals surface area contributed by atoms with Crippen molar-refractivity contribution in [3.8, 4) is 11.4 Å². The SMILES string of the molecule is CCNCc1c(C)nc(-c2cccnc2)nc1C. The van der Waals surface area contributed by atoms with E-state index in [2.05, 4.69) is 27.2 Å². The van der Waals surface area contributed by atoms with Gasteiger partial charge in [0.05, 0.1) is 0 Å². The summed E-state index contributed by atoms with van der Waals surface area (Å²) >= 11 is 0. The molecule has 0 bridgehead atoms. The predicted molar refractivity (Wildman–Crippen MR) is 72.1 cm³/mol. The van der Waals surface area contributed by atoms with Crippen LogP contribution >= 0.6 is 0 Å². The van der Waals surface area contributed by atoms with Gasteiger partial charge in [-0.25, -0.2) is 9.97 Å². The molecule has 1 N–H and O–H groups in total. The van der Waals surface area contributed by atoms with Crippen LogP contribution in [0.15, 0.2) is 24.5 Å². The second-order valence-electron chi connectivity index (χ2n) is 4.22. The summed E-state index contributed by atoms with van der Waals surface area (Å²) in [4.78, 5) is 13.2. The van der Waals surface area contributed by atoms with E-state index in [9.17, 15) is 0 Å². The van der Waals surface area contributed by atoms with Crippen molar-refractivity contribution in [2.75, 3.05) is 6.54 Å². The average molecular weight is 242 g/mol. The van der Waals surface area contributed by atoms with Gasteiger partial charge in [-0.1, -0.05) is 6.92 Å². The van der Waals surface area contributed by atoms with Gasteiger partial charge < -0.3 is 5.32 Å². The van der Waals surface area contributed by atoms with Crippen molar-refractivity contribution in [2.45, 2.75) is 27.3 Å². The highest BCUT2D eigenvalue weighted by Crippen LogP contribution is 2.17. The summed E-state index contributed by atoms with van der Waals surface area (Å²) in [6, 6.07) is 3.88. The largest absolute Gasteiger partial charge is 0.313 e. The first kappa shape index (κ1) is 12.6. The number of nitrogens with zero attached hydrogens (tertiary/aromatic N) is 3. The highest BCUT2D eigenvalue weighted by molar-refractivity contribution is 5.54. The van der Waals surface area contributed by atoms with E-state index in [0.717, 1.165) is 35.9 Å². The van der Waals surface area contributed by atoms with Crippen molar-refractivity contribution in [2.24, 2.45) is 0 Å². The van der Waals surface area contributed by atoms with Gasteiger partial charge >= 0.3 is 0 Å².